The first-order valence-corrected chi connectivity index (χ1v) is 2.24. The molecule has 0 spiro atoms. The first kappa shape index (κ1) is 32.9. The molecule has 0 aromatic heterocycles. The Morgan fingerprint density at radius 3 is 0.300 bits per heavy atom. The van der Waals surface area contributed by atoms with E-state index < -0.39 is 0 Å². The Morgan fingerprint density at radius 1 is 0.300 bits per heavy atom. The van der Waals surface area contributed by atoms with Crippen LogP contribution in [0.2, 0.25) is 0 Å². The van der Waals surface area contributed by atoms with Gasteiger partial charge in [0.05, 0.1) is 0 Å². The molecule has 10 heavy (non-hydrogen) atoms. The minimum atomic E-state index is 1.00. The van der Waals surface area contributed by atoms with Gasteiger partial charge in [-0.25, -0.2) is 0 Å². The molecule has 5 N–H and O–H groups in total. The van der Waals surface area contributed by atoms with Crippen LogP contribution in [-0.2, 0) is 0 Å². The molecule has 0 aromatic carbocycles. The summed E-state index contributed by atoms with van der Waals surface area (Å²) in [6, 6.07) is 0. The van der Waals surface area contributed by atoms with E-state index in [1.807, 2.05) is 0 Å². The van der Waals surface area contributed by atoms with Gasteiger partial charge < -0.3 is 25.5 Å². The predicted octanol–water partition coefficient (Wildman–Crippen LogP) is -1.96. The second-order valence-electron chi connectivity index (χ2n) is 0. The Bertz CT molecular complexity index is 10.0. The van der Waals surface area contributed by atoms with Gasteiger partial charge in [0, 0.05) is 35.5 Å². The van der Waals surface area contributed by atoms with Gasteiger partial charge in [0.2, 0.25) is 0 Å². The molecule has 0 rings (SSSR count). The van der Waals surface area contributed by atoms with Gasteiger partial charge in [-0.05, 0) is 0 Å². The highest BCUT2D eigenvalue weighted by Gasteiger charge is 0.847. The van der Waals surface area contributed by atoms with E-state index in [9.17, 15) is 0 Å². The average molecular weight is 160 g/mol. The van der Waals surface area contributed by atoms with Crippen LogP contribution in [0.15, 0.2) is 0 Å². The zero-order chi connectivity index (χ0) is 10.0. The Morgan fingerprint density at radius 2 is 0.300 bits per heavy atom. The molecule has 0 bridgehead atoms. The largest absolute Gasteiger partial charge is 0.400 e. The van der Waals surface area contributed by atoms with E-state index in [0.29, 0.717) is 0 Å². The normalized spacial score (nSPS) is 3.00. The minimum Gasteiger partial charge on any atom is -0.400 e. The van der Waals surface area contributed by atoms with Crippen LogP contribution in [0.3, 0.4) is 0 Å². The molecule has 0 saturated heterocycles. The van der Waals surface area contributed by atoms with Crippen molar-refractivity contribution in [1.82, 2.24) is 0 Å². The van der Waals surface area contributed by atoms with Gasteiger partial charge >= 0.3 is 0 Å². The maximum Gasteiger partial charge on any atom is 0.0319 e. The van der Waals surface area contributed by atoms with Gasteiger partial charge in [0.15, 0.2) is 0 Å². The summed E-state index contributed by atoms with van der Waals surface area (Å²) < 4.78 is 0. The molecule has 0 radical (unpaired) electrons. The zero-order valence-corrected chi connectivity index (χ0v) is 7.24. The Hall–Kier alpha value is -0.200. The highest BCUT2D eigenvalue weighted by Crippen LogP contribution is 0.763. The third-order valence-corrected chi connectivity index (χ3v) is 0. The molecule has 0 aromatic rings. The van der Waals surface area contributed by atoms with E-state index in [-0.39, 0.29) is 0 Å². The standard InChI is InChI=1S/5CH4O/c5*1-2/h5*2H,1H3. The Kier molecular flexibility index (Phi) is 44100. The molecule has 0 amide bonds. The molecule has 5 nitrogen and oxygen atoms in total. The zero-order valence-electron chi connectivity index (χ0n) is 7.24. The van der Waals surface area contributed by atoms with Crippen LogP contribution in [0, 0.1) is 0 Å². The molecule has 0 aliphatic carbocycles. The van der Waals surface area contributed by atoms with E-state index in [1.54, 1.807) is 0 Å². The number of aliphatic hydroxyl groups is 5. The van der Waals surface area contributed by atoms with Crippen molar-refractivity contribution in [1.29, 1.82) is 0 Å². The van der Waals surface area contributed by atoms with Crippen molar-refractivity contribution in [3.8, 4) is 0 Å². The lowest BCUT2D eigenvalue weighted by atomic mass is 11.8. The molecule has 0 heterocycles. The van der Waals surface area contributed by atoms with Crippen LogP contribution in [-0.4, -0.2) is 61.1 Å². The van der Waals surface area contributed by atoms with Gasteiger partial charge in [-0.1, -0.05) is 0 Å². The lowest BCUT2D eigenvalue weighted by Crippen LogP contribution is -1.25. The first-order chi connectivity index (χ1) is 5.00. The summed E-state index contributed by atoms with van der Waals surface area (Å²) in [6.45, 7) is 0. The summed E-state index contributed by atoms with van der Waals surface area (Å²) in [4.78, 5) is 0. The predicted molar refractivity (Wildman–Crippen MR) is 40.7 cm³/mol. The molecule has 0 unspecified atom stereocenters. The molecule has 0 aliphatic heterocycles. The molecule has 0 aliphatic rings. The van der Waals surface area contributed by atoms with Crippen molar-refractivity contribution in [2.75, 3.05) is 35.5 Å². The second kappa shape index (κ2) is 13400. The van der Waals surface area contributed by atoms with Crippen LogP contribution in [0.4, 0.5) is 0 Å². The van der Waals surface area contributed by atoms with Crippen molar-refractivity contribution in [2.24, 2.45) is 0 Å². The van der Waals surface area contributed by atoms with Crippen molar-refractivity contribution in [2.45, 2.75) is 0 Å². The Balaban J connectivity index is -0.0000000104. The third kappa shape index (κ3) is 9020. The molecular formula is C5H20O5. The van der Waals surface area contributed by atoms with E-state index in [2.05, 4.69) is 0 Å². The maximum absolute atomic E-state index is 7.00. The lowest BCUT2D eigenvalue weighted by molar-refractivity contribution is 0.399. The van der Waals surface area contributed by atoms with Crippen LogP contribution in [0.25, 0.3) is 0 Å². The van der Waals surface area contributed by atoms with Crippen LogP contribution in [0.1, 0.15) is 0 Å². The SMILES string of the molecule is CO.CO.CO.CO.CO. The first-order valence-electron chi connectivity index (χ1n) is 2.24. The fourth-order valence-corrected chi connectivity index (χ4v) is 0. The van der Waals surface area contributed by atoms with E-state index in [4.69, 9.17) is 25.5 Å². The third-order valence-electron chi connectivity index (χ3n) is 0. The maximum atomic E-state index is 7.00. The summed E-state index contributed by atoms with van der Waals surface area (Å²) in [5, 5.41) is 35.0. The van der Waals surface area contributed by atoms with Gasteiger partial charge in [0.1, 0.15) is 0 Å². The van der Waals surface area contributed by atoms with E-state index in [0.717, 1.165) is 35.5 Å². The van der Waals surface area contributed by atoms with Crippen LogP contribution < -0.4 is 0 Å². The summed E-state index contributed by atoms with van der Waals surface area (Å²) in [5.74, 6) is 0. The fraction of sp³-hybridized carbons (Fsp3) is 1.00. The van der Waals surface area contributed by atoms with Gasteiger partial charge in [-0.3, -0.25) is 0 Å². The molecule has 5 heteroatoms. The van der Waals surface area contributed by atoms with Crippen molar-refractivity contribution < 1.29 is 25.5 Å². The smallest absolute Gasteiger partial charge is 0.0319 e. The highest BCUT2D eigenvalue weighted by atomic mass is 16.2. The summed E-state index contributed by atoms with van der Waals surface area (Å²) in [5.41, 5.74) is 0. The summed E-state index contributed by atoms with van der Waals surface area (Å²) in [6.07, 6.45) is 0. The molecule has 0 saturated carbocycles. The highest BCUT2D eigenvalue weighted by molar-refractivity contribution is 3.18. The number of rotatable bonds is 0. The summed E-state index contributed by atoms with van der Waals surface area (Å²) in [7, 11) is 5.00. The summed E-state index contributed by atoms with van der Waals surface area (Å²) >= 11 is 0. The van der Waals surface area contributed by atoms with E-state index in [1.165, 1.54) is 0 Å². The quantitative estimate of drug-likeness (QED) is 0.283. The van der Waals surface area contributed by atoms with Gasteiger partial charge in [-0.15, -0.1) is 0 Å². The Labute approximate surface area is 62.2 Å². The topological polar surface area (TPSA) is 101 Å². The molecule has 70 valence electrons. The lowest BCUT2D eigenvalue weighted by Gasteiger charge is -1.21. The number of hydrogen-bond donors (Lipinski definition) is 5. The molecule has 0 fully saturated rings. The van der Waals surface area contributed by atoms with Crippen LogP contribution in [0.5, 0.6) is 0 Å². The second-order valence-corrected chi connectivity index (χ2v) is 0. The number of aliphatic hydroxyl groups excluding tert-OH is 5. The van der Waals surface area contributed by atoms with Crippen LogP contribution >= 0.6 is 0 Å². The average Bonchev–Trinajstić information content (AvgIpc) is 2.20. The van der Waals surface area contributed by atoms with E-state index >= 15 is 0 Å². The molecule has 0 atom stereocenters. The van der Waals surface area contributed by atoms with Gasteiger partial charge in [-0.2, -0.15) is 0 Å². The van der Waals surface area contributed by atoms with Gasteiger partial charge in [0.25, 0.3) is 0 Å². The number of hydrogen-bond acceptors (Lipinski definition) is 5. The van der Waals surface area contributed by atoms with Crippen molar-refractivity contribution >= 4 is 0 Å². The fourth-order valence-electron chi connectivity index (χ4n) is 0. The van der Waals surface area contributed by atoms with Crippen molar-refractivity contribution in [3.63, 3.8) is 0 Å². The molecular weight excluding hydrogens is 140 g/mol. The minimum absolute atomic E-state index is 1.00. The van der Waals surface area contributed by atoms with Crippen molar-refractivity contribution in [3.05, 3.63) is 0 Å². The monoisotopic (exact) mass is 160 g/mol.